The van der Waals surface area contributed by atoms with E-state index in [2.05, 4.69) is 10.1 Å². The van der Waals surface area contributed by atoms with Gasteiger partial charge in [-0.15, -0.1) is 0 Å². The average Bonchev–Trinajstić information content (AvgIpc) is 3.35. The van der Waals surface area contributed by atoms with Crippen molar-refractivity contribution in [3.63, 3.8) is 0 Å². The maximum Gasteiger partial charge on any atom is 0.289 e. The van der Waals surface area contributed by atoms with Crippen molar-refractivity contribution >= 4 is 5.91 Å². The maximum atomic E-state index is 12.4. The van der Waals surface area contributed by atoms with Gasteiger partial charge in [-0.3, -0.25) is 4.79 Å². The lowest BCUT2D eigenvalue weighted by Gasteiger charge is -2.30. The van der Waals surface area contributed by atoms with Gasteiger partial charge in [0.1, 0.15) is 5.76 Å². The number of carbonyl (C=O) groups is 1. The smallest absolute Gasteiger partial charge is 0.289 e. The summed E-state index contributed by atoms with van der Waals surface area (Å²) in [6.07, 6.45) is 3.29. The van der Waals surface area contributed by atoms with E-state index >= 15 is 0 Å². The summed E-state index contributed by atoms with van der Waals surface area (Å²) in [6.45, 7) is 3.11. The van der Waals surface area contributed by atoms with Crippen molar-refractivity contribution in [1.82, 2.24) is 15.0 Å². The average molecular weight is 327 g/mol. The molecule has 124 valence electrons. The minimum absolute atomic E-state index is 0.0231. The van der Waals surface area contributed by atoms with E-state index in [1.807, 2.05) is 19.1 Å². The highest BCUT2D eigenvalue weighted by Crippen LogP contribution is 2.28. The summed E-state index contributed by atoms with van der Waals surface area (Å²) >= 11 is 0. The molecule has 1 aliphatic heterocycles. The minimum Gasteiger partial charge on any atom is -0.459 e. The molecule has 0 saturated carbocycles. The number of nitrogens with zero attached hydrogens (tertiary/aromatic N) is 3. The van der Waals surface area contributed by atoms with Gasteiger partial charge in [-0.2, -0.15) is 4.98 Å². The quantitative estimate of drug-likeness (QED) is 0.734. The summed E-state index contributed by atoms with van der Waals surface area (Å²) in [5.41, 5.74) is 0. The van der Waals surface area contributed by atoms with Crippen LogP contribution in [0.3, 0.4) is 0 Å². The summed E-state index contributed by atoms with van der Waals surface area (Å²) in [4.78, 5) is 18.6. The number of piperidine rings is 1. The Hall–Kier alpha value is -2.83. The second kappa shape index (κ2) is 5.99. The Morgan fingerprint density at radius 1 is 1.33 bits per heavy atom. The molecule has 1 saturated heterocycles. The predicted molar refractivity (Wildman–Crippen MR) is 83.3 cm³/mol. The maximum absolute atomic E-state index is 12.4. The molecule has 0 spiro atoms. The molecular formula is C17H17N3O4. The summed E-state index contributed by atoms with van der Waals surface area (Å²) < 4.78 is 16.1. The number of carbonyl (C=O) groups excluding carboxylic acids is 1. The Labute approximate surface area is 138 Å². The number of aromatic nitrogens is 2. The Kier molecular flexibility index (Phi) is 3.68. The lowest BCUT2D eigenvalue weighted by molar-refractivity contribution is 0.0663. The molecule has 7 nitrogen and oxygen atoms in total. The van der Waals surface area contributed by atoms with Crippen LogP contribution in [0.5, 0.6) is 0 Å². The molecule has 3 aromatic rings. The van der Waals surface area contributed by atoms with Crippen molar-refractivity contribution in [3.8, 4) is 11.6 Å². The van der Waals surface area contributed by atoms with Gasteiger partial charge in [-0.1, -0.05) is 5.16 Å². The first-order chi connectivity index (χ1) is 11.7. The van der Waals surface area contributed by atoms with Gasteiger partial charge in [-0.05, 0) is 44.0 Å². The first kappa shape index (κ1) is 14.7. The predicted octanol–water partition coefficient (Wildman–Crippen LogP) is 3.25. The van der Waals surface area contributed by atoms with E-state index in [4.69, 9.17) is 13.4 Å². The van der Waals surface area contributed by atoms with Gasteiger partial charge in [0, 0.05) is 13.1 Å². The van der Waals surface area contributed by atoms with Gasteiger partial charge in [0.05, 0.1) is 12.2 Å². The normalized spacial score (nSPS) is 18.0. The van der Waals surface area contributed by atoms with Crippen LogP contribution in [0.15, 0.2) is 43.9 Å². The van der Waals surface area contributed by atoms with Gasteiger partial charge >= 0.3 is 0 Å². The summed E-state index contributed by atoms with van der Waals surface area (Å²) in [5.74, 6) is 2.63. The molecule has 7 heteroatoms. The van der Waals surface area contributed by atoms with Crippen LogP contribution in [0.2, 0.25) is 0 Å². The number of furan rings is 2. The number of likely N-dealkylation sites (tertiary alicyclic amines) is 1. The van der Waals surface area contributed by atoms with E-state index in [0.29, 0.717) is 36.3 Å². The summed E-state index contributed by atoms with van der Waals surface area (Å²) in [6, 6.07) is 7.06. The van der Waals surface area contributed by atoms with E-state index in [1.165, 1.54) is 6.26 Å². The molecule has 0 bridgehead atoms. The molecule has 1 amide bonds. The second-order valence-corrected chi connectivity index (χ2v) is 5.93. The Morgan fingerprint density at radius 2 is 2.25 bits per heavy atom. The highest BCUT2D eigenvalue weighted by atomic mass is 16.5. The number of amides is 1. The van der Waals surface area contributed by atoms with Crippen LogP contribution in [0, 0.1) is 6.92 Å². The zero-order valence-electron chi connectivity index (χ0n) is 13.3. The first-order valence-electron chi connectivity index (χ1n) is 7.94. The third-order valence-corrected chi connectivity index (χ3v) is 4.19. The third kappa shape index (κ3) is 2.73. The van der Waals surface area contributed by atoms with E-state index in [9.17, 15) is 4.79 Å². The van der Waals surface area contributed by atoms with Gasteiger partial charge in [-0.25, -0.2) is 0 Å². The fraction of sp³-hybridized carbons (Fsp3) is 0.353. The molecular weight excluding hydrogens is 310 g/mol. The summed E-state index contributed by atoms with van der Waals surface area (Å²) in [7, 11) is 0. The van der Waals surface area contributed by atoms with Crippen LogP contribution in [-0.4, -0.2) is 34.0 Å². The van der Waals surface area contributed by atoms with Gasteiger partial charge in [0.25, 0.3) is 5.91 Å². The van der Waals surface area contributed by atoms with Crippen molar-refractivity contribution in [2.24, 2.45) is 0 Å². The fourth-order valence-electron chi connectivity index (χ4n) is 2.98. The molecule has 1 unspecified atom stereocenters. The van der Waals surface area contributed by atoms with Gasteiger partial charge in [0.15, 0.2) is 11.5 Å². The molecule has 24 heavy (non-hydrogen) atoms. The van der Waals surface area contributed by atoms with Crippen LogP contribution in [0.1, 0.15) is 41.0 Å². The van der Waals surface area contributed by atoms with E-state index < -0.39 is 0 Å². The highest BCUT2D eigenvalue weighted by Gasteiger charge is 2.30. The number of hydrogen-bond acceptors (Lipinski definition) is 6. The lowest BCUT2D eigenvalue weighted by Crippen LogP contribution is -2.39. The molecule has 1 fully saturated rings. The molecule has 0 radical (unpaired) electrons. The fourth-order valence-corrected chi connectivity index (χ4v) is 2.98. The van der Waals surface area contributed by atoms with Crippen molar-refractivity contribution < 1.29 is 18.2 Å². The number of rotatable bonds is 3. The Bertz CT molecular complexity index is 834. The lowest BCUT2D eigenvalue weighted by atomic mass is 9.98. The van der Waals surface area contributed by atoms with Gasteiger partial charge < -0.3 is 18.3 Å². The standard InChI is InChI=1S/C17H17N3O4/c1-11-6-7-13(23-11)15-18-16(24-19-15)12-4-2-8-20(10-12)17(21)14-5-3-9-22-14/h3,5-7,9,12H,2,4,8,10H2,1H3. The third-order valence-electron chi connectivity index (χ3n) is 4.19. The molecule has 4 rings (SSSR count). The Balaban J connectivity index is 1.50. The number of aryl methyl sites for hydroxylation is 1. The molecule has 3 aromatic heterocycles. The largest absolute Gasteiger partial charge is 0.459 e. The minimum atomic E-state index is -0.105. The van der Waals surface area contributed by atoms with Crippen LogP contribution in [0.4, 0.5) is 0 Å². The first-order valence-corrected chi connectivity index (χ1v) is 7.94. The van der Waals surface area contributed by atoms with E-state index in [0.717, 1.165) is 18.6 Å². The Morgan fingerprint density at radius 3 is 3.00 bits per heavy atom. The van der Waals surface area contributed by atoms with Crippen molar-refractivity contribution in [3.05, 3.63) is 47.9 Å². The highest BCUT2D eigenvalue weighted by molar-refractivity contribution is 5.91. The van der Waals surface area contributed by atoms with Crippen LogP contribution in [-0.2, 0) is 0 Å². The van der Waals surface area contributed by atoms with Crippen molar-refractivity contribution in [2.45, 2.75) is 25.7 Å². The SMILES string of the molecule is Cc1ccc(-c2noc(C3CCCN(C(=O)c4ccco4)C3)n2)o1. The zero-order valence-corrected chi connectivity index (χ0v) is 13.3. The van der Waals surface area contributed by atoms with Crippen molar-refractivity contribution in [2.75, 3.05) is 13.1 Å². The van der Waals surface area contributed by atoms with Gasteiger partial charge in [0.2, 0.25) is 11.7 Å². The van der Waals surface area contributed by atoms with Crippen LogP contribution in [0.25, 0.3) is 11.6 Å². The van der Waals surface area contributed by atoms with Crippen LogP contribution < -0.4 is 0 Å². The molecule has 0 N–H and O–H groups in total. The second-order valence-electron chi connectivity index (χ2n) is 5.93. The molecule has 4 heterocycles. The number of hydrogen-bond donors (Lipinski definition) is 0. The van der Waals surface area contributed by atoms with Crippen molar-refractivity contribution in [1.29, 1.82) is 0 Å². The molecule has 0 aromatic carbocycles. The monoisotopic (exact) mass is 327 g/mol. The zero-order chi connectivity index (χ0) is 16.5. The molecule has 1 atom stereocenters. The summed E-state index contributed by atoms with van der Waals surface area (Å²) in [5, 5.41) is 3.99. The topological polar surface area (TPSA) is 85.5 Å². The molecule has 1 aliphatic rings. The van der Waals surface area contributed by atoms with Crippen LogP contribution >= 0.6 is 0 Å². The van der Waals surface area contributed by atoms with E-state index in [1.54, 1.807) is 17.0 Å². The van der Waals surface area contributed by atoms with E-state index in [-0.39, 0.29) is 11.8 Å². The molecule has 0 aliphatic carbocycles.